The van der Waals surface area contributed by atoms with Crippen LogP contribution in [0.15, 0.2) is 64.3 Å². The number of carbonyl (C=O) groups is 2. The summed E-state index contributed by atoms with van der Waals surface area (Å²) in [6.45, 7) is 0. The van der Waals surface area contributed by atoms with Gasteiger partial charge in [0, 0.05) is 16.6 Å². The molecule has 3 rings (SSSR count). The number of nitrogens with zero attached hydrogens (tertiary/aromatic N) is 1. The van der Waals surface area contributed by atoms with Gasteiger partial charge in [-0.15, -0.1) is 24.5 Å². The lowest BCUT2D eigenvalue weighted by Gasteiger charge is -2.09. The monoisotopic (exact) mass is 452 g/mol. The molecule has 1 aromatic heterocycles. The topological polar surface area (TPSA) is 68.3 Å². The SMILES string of the molecule is O=C(Cc1csc(SCC(=O)c2ccccc2)n1)Nc1ccc(OC(F)(F)F)cc1. The summed E-state index contributed by atoms with van der Waals surface area (Å²) < 4.78 is 40.9. The number of Topliss-reactive ketones (excluding diaryl/α,β-unsaturated/α-hetero) is 1. The number of nitrogens with one attached hydrogen (secondary N) is 1. The summed E-state index contributed by atoms with van der Waals surface area (Å²) in [5.41, 5.74) is 1.52. The van der Waals surface area contributed by atoms with Crippen molar-refractivity contribution in [3.63, 3.8) is 0 Å². The number of benzene rings is 2. The Hall–Kier alpha value is -2.85. The minimum absolute atomic E-state index is 0.00446. The molecule has 0 spiro atoms. The molecule has 0 saturated carbocycles. The number of aromatic nitrogens is 1. The lowest BCUT2D eigenvalue weighted by Crippen LogP contribution is -2.17. The normalized spacial score (nSPS) is 11.2. The third-order valence-corrected chi connectivity index (χ3v) is 5.74. The molecule has 30 heavy (non-hydrogen) atoms. The number of ether oxygens (including phenoxy) is 1. The van der Waals surface area contributed by atoms with Crippen molar-refractivity contribution >= 4 is 40.5 Å². The van der Waals surface area contributed by atoms with Gasteiger partial charge >= 0.3 is 6.36 Å². The van der Waals surface area contributed by atoms with E-state index in [1.165, 1.54) is 35.2 Å². The van der Waals surface area contributed by atoms with Crippen LogP contribution < -0.4 is 10.1 Å². The van der Waals surface area contributed by atoms with Gasteiger partial charge in [0.2, 0.25) is 5.91 Å². The van der Waals surface area contributed by atoms with E-state index in [1.807, 2.05) is 6.07 Å². The molecular weight excluding hydrogens is 437 g/mol. The number of halogens is 3. The van der Waals surface area contributed by atoms with Gasteiger partial charge in [0.15, 0.2) is 10.1 Å². The number of ketones is 1. The van der Waals surface area contributed by atoms with Crippen LogP contribution in [0.5, 0.6) is 5.75 Å². The van der Waals surface area contributed by atoms with Gasteiger partial charge in [-0.1, -0.05) is 42.1 Å². The van der Waals surface area contributed by atoms with Crippen molar-refractivity contribution in [3.05, 3.63) is 71.2 Å². The molecule has 0 aliphatic heterocycles. The molecule has 1 heterocycles. The van der Waals surface area contributed by atoms with E-state index < -0.39 is 6.36 Å². The second kappa shape index (κ2) is 9.77. The zero-order valence-electron chi connectivity index (χ0n) is 15.3. The molecule has 0 radical (unpaired) electrons. The molecule has 0 fully saturated rings. The number of hydrogen-bond acceptors (Lipinski definition) is 6. The van der Waals surface area contributed by atoms with Gasteiger partial charge in [0.25, 0.3) is 0 Å². The molecule has 156 valence electrons. The summed E-state index contributed by atoms with van der Waals surface area (Å²) in [6.07, 6.45) is -4.76. The maximum absolute atomic E-state index is 12.2. The first-order chi connectivity index (χ1) is 14.3. The quantitative estimate of drug-likeness (QED) is 0.376. The zero-order valence-corrected chi connectivity index (χ0v) is 16.9. The molecule has 3 aromatic rings. The van der Waals surface area contributed by atoms with Crippen LogP contribution in [0.1, 0.15) is 16.1 Å². The molecule has 0 aliphatic rings. The minimum atomic E-state index is -4.77. The van der Waals surface area contributed by atoms with Gasteiger partial charge in [0.1, 0.15) is 5.75 Å². The van der Waals surface area contributed by atoms with Crippen molar-refractivity contribution < 1.29 is 27.5 Å². The molecule has 0 bridgehead atoms. The lowest BCUT2D eigenvalue weighted by atomic mass is 10.2. The van der Waals surface area contributed by atoms with Gasteiger partial charge in [0.05, 0.1) is 17.9 Å². The van der Waals surface area contributed by atoms with Crippen LogP contribution in [0.25, 0.3) is 0 Å². The highest BCUT2D eigenvalue weighted by Crippen LogP contribution is 2.25. The third-order valence-electron chi connectivity index (χ3n) is 3.67. The maximum Gasteiger partial charge on any atom is 0.573 e. The third kappa shape index (κ3) is 6.89. The summed E-state index contributed by atoms with van der Waals surface area (Å²) in [7, 11) is 0. The number of rotatable bonds is 8. The summed E-state index contributed by atoms with van der Waals surface area (Å²) >= 11 is 2.64. The fraction of sp³-hybridized carbons (Fsp3) is 0.150. The van der Waals surface area contributed by atoms with E-state index in [4.69, 9.17) is 0 Å². The van der Waals surface area contributed by atoms with Crippen molar-refractivity contribution in [2.24, 2.45) is 0 Å². The van der Waals surface area contributed by atoms with Crippen LogP contribution in [0.4, 0.5) is 18.9 Å². The van der Waals surface area contributed by atoms with Crippen molar-refractivity contribution in [2.75, 3.05) is 11.1 Å². The highest BCUT2D eigenvalue weighted by Gasteiger charge is 2.30. The predicted molar refractivity (Wildman–Crippen MR) is 109 cm³/mol. The zero-order chi connectivity index (χ0) is 21.6. The highest BCUT2D eigenvalue weighted by atomic mass is 32.2. The van der Waals surface area contributed by atoms with Gasteiger partial charge in [-0.2, -0.15) is 0 Å². The molecule has 10 heteroatoms. The van der Waals surface area contributed by atoms with Gasteiger partial charge in [-0.25, -0.2) is 4.98 Å². The van der Waals surface area contributed by atoms with E-state index in [-0.39, 0.29) is 29.6 Å². The number of carbonyl (C=O) groups excluding carboxylic acids is 2. The van der Waals surface area contributed by atoms with Gasteiger partial charge < -0.3 is 10.1 Å². The minimum Gasteiger partial charge on any atom is -0.406 e. The number of hydrogen-bond donors (Lipinski definition) is 1. The van der Waals surface area contributed by atoms with E-state index in [0.29, 0.717) is 21.3 Å². The Morgan fingerprint density at radius 1 is 1.07 bits per heavy atom. The van der Waals surface area contributed by atoms with Gasteiger partial charge in [-0.3, -0.25) is 9.59 Å². The fourth-order valence-corrected chi connectivity index (χ4v) is 4.12. The number of alkyl halides is 3. The first-order valence-electron chi connectivity index (χ1n) is 8.59. The van der Waals surface area contributed by atoms with E-state index in [9.17, 15) is 22.8 Å². The molecule has 1 N–H and O–H groups in total. The number of amides is 1. The van der Waals surface area contributed by atoms with E-state index in [0.717, 1.165) is 12.1 Å². The van der Waals surface area contributed by atoms with E-state index in [2.05, 4.69) is 15.0 Å². The summed E-state index contributed by atoms with van der Waals surface area (Å²) in [6, 6.07) is 13.8. The van der Waals surface area contributed by atoms with Gasteiger partial charge in [-0.05, 0) is 24.3 Å². The van der Waals surface area contributed by atoms with Crippen LogP contribution in [0, 0.1) is 0 Å². The Bertz CT molecular complexity index is 1010. The fourth-order valence-electron chi connectivity index (χ4n) is 2.38. The van der Waals surface area contributed by atoms with Crippen molar-refractivity contribution in [2.45, 2.75) is 17.1 Å². The molecule has 0 saturated heterocycles. The molecule has 2 aromatic carbocycles. The van der Waals surface area contributed by atoms with E-state index in [1.54, 1.807) is 29.6 Å². The van der Waals surface area contributed by atoms with Crippen molar-refractivity contribution in [1.82, 2.24) is 4.98 Å². The number of anilines is 1. The van der Waals surface area contributed by atoms with Crippen LogP contribution >= 0.6 is 23.1 Å². The predicted octanol–water partition coefficient (Wildman–Crippen LogP) is 5.20. The summed E-state index contributed by atoms with van der Waals surface area (Å²) in [5, 5.41) is 4.32. The molecule has 0 aliphatic carbocycles. The standard InChI is InChI=1S/C20H15F3N2O3S2/c21-20(22,23)28-16-8-6-14(7-9-16)24-18(27)10-15-11-29-19(25-15)30-12-17(26)13-4-2-1-3-5-13/h1-9,11H,10,12H2,(H,24,27). The average molecular weight is 452 g/mol. The summed E-state index contributed by atoms with van der Waals surface area (Å²) in [5.74, 6) is -0.489. The Balaban J connectivity index is 1.48. The Morgan fingerprint density at radius 2 is 1.77 bits per heavy atom. The Morgan fingerprint density at radius 3 is 2.43 bits per heavy atom. The first kappa shape index (κ1) is 21.8. The number of thiazole rings is 1. The lowest BCUT2D eigenvalue weighted by molar-refractivity contribution is -0.274. The van der Waals surface area contributed by atoms with Crippen LogP contribution in [0.2, 0.25) is 0 Å². The van der Waals surface area contributed by atoms with Crippen LogP contribution in [-0.2, 0) is 11.2 Å². The first-order valence-corrected chi connectivity index (χ1v) is 10.5. The molecule has 5 nitrogen and oxygen atoms in total. The molecule has 1 amide bonds. The van der Waals surface area contributed by atoms with Crippen molar-refractivity contribution in [3.8, 4) is 5.75 Å². The molecule has 0 atom stereocenters. The van der Waals surface area contributed by atoms with Crippen LogP contribution in [-0.4, -0.2) is 28.8 Å². The second-order valence-electron chi connectivity index (χ2n) is 5.98. The number of thioether (sulfide) groups is 1. The summed E-state index contributed by atoms with van der Waals surface area (Å²) in [4.78, 5) is 28.6. The Kier molecular flexibility index (Phi) is 7.11. The smallest absolute Gasteiger partial charge is 0.406 e. The second-order valence-corrected chi connectivity index (χ2v) is 8.06. The Labute approximate surface area is 178 Å². The van der Waals surface area contributed by atoms with Crippen LogP contribution in [0.3, 0.4) is 0 Å². The maximum atomic E-state index is 12.2. The van der Waals surface area contributed by atoms with Crippen molar-refractivity contribution in [1.29, 1.82) is 0 Å². The van der Waals surface area contributed by atoms with E-state index >= 15 is 0 Å². The molecular formula is C20H15F3N2O3S2. The average Bonchev–Trinajstić information content (AvgIpc) is 3.14. The molecule has 0 unspecified atom stereocenters. The largest absolute Gasteiger partial charge is 0.573 e. The highest BCUT2D eigenvalue weighted by molar-refractivity contribution is 8.01.